The molecule has 0 radical (unpaired) electrons. The average Bonchev–Trinajstić information content (AvgIpc) is 3.33. The van der Waals surface area contributed by atoms with Gasteiger partial charge in [-0.3, -0.25) is 9.59 Å². The Labute approximate surface area is 189 Å². The SMILES string of the molecule is NC(=NO)c1cccc(CCNC(=O)[C@@H]2CCCN2C(=O)C2NCC[C@@H]3CCCC[C@H]23)c1. The van der Waals surface area contributed by atoms with Crippen LogP contribution in [0.5, 0.6) is 0 Å². The number of amidine groups is 1. The van der Waals surface area contributed by atoms with E-state index in [1.54, 1.807) is 6.07 Å². The highest BCUT2D eigenvalue weighted by atomic mass is 16.4. The summed E-state index contributed by atoms with van der Waals surface area (Å²) in [6.45, 7) is 2.03. The van der Waals surface area contributed by atoms with Crippen LogP contribution < -0.4 is 16.4 Å². The third-order valence-corrected chi connectivity index (χ3v) is 7.42. The Kier molecular flexibility index (Phi) is 7.29. The van der Waals surface area contributed by atoms with E-state index in [-0.39, 0.29) is 29.7 Å². The van der Waals surface area contributed by atoms with Crippen molar-refractivity contribution in [3.8, 4) is 0 Å². The van der Waals surface area contributed by atoms with Crippen molar-refractivity contribution >= 4 is 17.6 Å². The van der Waals surface area contributed by atoms with Gasteiger partial charge in [-0.05, 0) is 62.1 Å². The van der Waals surface area contributed by atoms with E-state index in [0.29, 0.717) is 36.9 Å². The number of piperidine rings is 1. The summed E-state index contributed by atoms with van der Waals surface area (Å²) < 4.78 is 0. The number of carbonyl (C=O) groups excluding carboxylic acids is 2. The first-order valence-corrected chi connectivity index (χ1v) is 12.0. The molecule has 1 saturated carbocycles. The van der Waals surface area contributed by atoms with Gasteiger partial charge in [-0.15, -0.1) is 0 Å². The minimum atomic E-state index is -0.378. The molecule has 1 aromatic rings. The van der Waals surface area contributed by atoms with Gasteiger partial charge in [0.05, 0.1) is 6.04 Å². The number of rotatable bonds is 6. The zero-order valence-electron chi connectivity index (χ0n) is 18.6. The second-order valence-electron chi connectivity index (χ2n) is 9.35. The number of hydrogen-bond acceptors (Lipinski definition) is 5. The Balaban J connectivity index is 1.33. The highest BCUT2D eigenvalue weighted by Crippen LogP contribution is 2.37. The number of likely N-dealkylation sites (tertiary alicyclic amines) is 1. The van der Waals surface area contributed by atoms with E-state index in [4.69, 9.17) is 10.9 Å². The van der Waals surface area contributed by atoms with Crippen molar-refractivity contribution in [1.82, 2.24) is 15.5 Å². The van der Waals surface area contributed by atoms with Gasteiger partial charge in [0.25, 0.3) is 0 Å². The monoisotopic (exact) mass is 441 g/mol. The molecular weight excluding hydrogens is 406 g/mol. The van der Waals surface area contributed by atoms with Crippen molar-refractivity contribution in [3.63, 3.8) is 0 Å². The smallest absolute Gasteiger partial charge is 0.242 e. The number of fused-ring (bicyclic) bond motifs is 1. The largest absolute Gasteiger partial charge is 0.409 e. The van der Waals surface area contributed by atoms with E-state index in [9.17, 15) is 9.59 Å². The van der Waals surface area contributed by atoms with Crippen LogP contribution >= 0.6 is 0 Å². The summed E-state index contributed by atoms with van der Waals surface area (Å²) in [5, 5.41) is 18.4. The minimum absolute atomic E-state index is 0.0625. The molecule has 2 aliphatic heterocycles. The van der Waals surface area contributed by atoms with Gasteiger partial charge in [0.15, 0.2) is 5.84 Å². The van der Waals surface area contributed by atoms with E-state index in [2.05, 4.69) is 15.8 Å². The van der Waals surface area contributed by atoms with Gasteiger partial charge in [0, 0.05) is 18.7 Å². The van der Waals surface area contributed by atoms with E-state index in [0.717, 1.165) is 37.8 Å². The fraction of sp³-hybridized carbons (Fsp3) is 0.625. The van der Waals surface area contributed by atoms with Gasteiger partial charge < -0.3 is 26.5 Å². The molecule has 3 aliphatic rings. The predicted molar refractivity (Wildman–Crippen MR) is 122 cm³/mol. The molecule has 174 valence electrons. The van der Waals surface area contributed by atoms with Crippen LogP contribution in [-0.4, -0.2) is 59.5 Å². The molecule has 1 aliphatic carbocycles. The molecule has 1 unspecified atom stereocenters. The Morgan fingerprint density at radius 3 is 2.88 bits per heavy atom. The van der Waals surface area contributed by atoms with Gasteiger partial charge in [-0.1, -0.05) is 42.6 Å². The second-order valence-corrected chi connectivity index (χ2v) is 9.35. The van der Waals surface area contributed by atoms with Crippen LogP contribution in [0.15, 0.2) is 29.4 Å². The number of nitrogens with zero attached hydrogens (tertiary/aromatic N) is 2. The Hall–Kier alpha value is -2.61. The van der Waals surface area contributed by atoms with E-state index < -0.39 is 0 Å². The maximum atomic E-state index is 13.4. The molecule has 1 aromatic carbocycles. The maximum absolute atomic E-state index is 13.4. The highest BCUT2D eigenvalue weighted by molar-refractivity contribution is 5.97. The molecule has 2 saturated heterocycles. The molecule has 2 amide bonds. The lowest BCUT2D eigenvalue weighted by atomic mass is 9.71. The molecule has 2 heterocycles. The third kappa shape index (κ3) is 4.90. The Bertz CT molecular complexity index is 856. The minimum Gasteiger partial charge on any atom is -0.409 e. The van der Waals surface area contributed by atoms with Crippen molar-refractivity contribution in [3.05, 3.63) is 35.4 Å². The molecule has 5 N–H and O–H groups in total. The van der Waals surface area contributed by atoms with E-state index in [1.807, 2.05) is 23.1 Å². The molecule has 8 nitrogen and oxygen atoms in total. The van der Waals surface area contributed by atoms with Crippen LogP contribution in [0.3, 0.4) is 0 Å². The van der Waals surface area contributed by atoms with Gasteiger partial charge in [-0.2, -0.15) is 0 Å². The number of carbonyl (C=O) groups is 2. The molecule has 4 rings (SSSR count). The summed E-state index contributed by atoms with van der Waals surface area (Å²) in [7, 11) is 0. The van der Waals surface area contributed by atoms with Crippen molar-refractivity contribution in [2.45, 2.75) is 63.5 Å². The number of nitrogens with one attached hydrogen (secondary N) is 2. The molecule has 8 heteroatoms. The summed E-state index contributed by atoms with van der Waals surface area (Å²) in [5.41, 5.74) is 7.29. The topological polar surface area (TPSA) is 120 Å². The van der Waals surface area contributed by atoms with Crippen LogP contribution in [0.2, 0.25) is 0 Å². The van der Waals surface area contributed by atoms with Crippen molar-refractivity contribution in [1.29, 1.82) is 0 Å². The molecule has 0 spiro atoms. The first-order valence-electron chi connectivity index (χ1n) is 12.0. The van der Waals surface area contributed by atoms with Gasteiger partial charge in [-0.25, -0.2) is 0 Å². The van der Waals surface area contributed by atoms with E-state index >= 15 is 0 Å². The zero-order chi connectivity index (χ0) is 22.5. The van der Waals surface area contributed by atoms with Crippen LogP contribution in [0, 0.1) is 11.8 Å². The highest BCUT2D eigenvalue weighted by Gasteiger charge is 2.43. The van der Waals surface area contributed by atoms with Crippen LogP contribution in [0.1, 0.15) is 56.1 Å². The van der Waals surface area contributed by atoms with E-state index in [1.165, 1.54) is 19.3 Å². The Morgan fingerprint density at radius 1 is 1.19 bits per heavy atom. The summed E-state index contributed by atoms with van der Waals surface area (Å²) in [6.07, 6.45) is 8.21. The maximum Gasteiger partial charge on any atom is 0.242 e. The molecule has 0 bridgehead atoms. The fourth-order valence-corrected chi connectivity index (χ4v) is 5.75. The lowest BCUT2D eigenvalue weighted by Gasteiger charge is -2.43. The molecule has 4 atom stereocenters. The van der Waals surface area contributed by atoms with Crippen molar-refractivity contribution in [2.75, 3.05) is 19.6 Å². The number of nitrogens with two attached hydrogens (primary N) is 1. The predicted octanol–water partition coefficient (Wildman–Crippen LogP) is 1.60. The quantitative estimate of drug-likeness (QED) is 0.231. The molecule has 32 heavy (non-hydrogen) atoms. The lowest BCUT2D eigenvalue weighted by Crippen LogP contribution is -2.58. The average molecular weight is 442 g/mol. The van der Waals surface area contributed by atoms with Crippen molar-refractivity contribution < 1.29 is 14.8 Å². The summed E-state index contributed by atoms with van der Waals surface area (Å²) in [4.78, 5) is 28.2. The number of hydrogen-bond donors (Lipinski definition) is 4. The fourth-order valence-electron chi connectivity index (χ4n) is 5.75. The van der Waals surface area contributed by atoms with Crippen LogP contribution in [0.25, 0.3) is 0 Å². The molecule has 0 aromatic heterocycles. The van der Waals surface area contributed by atoms with Gasteiger partial charge >= 0.3 is 0 Å². The van der Waals surface area contributed by atoms with Gasteiger partial charge in [0.1, 0.15) is 6.04 Å². The summed E-state index contributed by atoms with van der Waals surface area (Å²) in [6, 6.07) is 6.90. The molecule has 3 fully saturated rings. The standard InChI is InChI=1S/C24H35N5O3/c25-22(28-32)18-7-3-5-16(15-18)10-12-27-23(30)20-9-4-14-29(20)24(31)21-19-8-2-1-6-17(19)11-13-26-21/h3,5,7,15,17,19-21,26,32H,1-2,4,6,8-14H2,(H2,25,28)(H,27,30)/t17-,19-,20-,21?/m0/s1. The second kappa shape index (κ2) is 10.3. The number of amides is 2. The number of oxime groups is 1. The molecular formula is C24H35N5O3. The number of benzene rings is 1. The third-order valence-electron chi connectivity index (χ3n) is 7.42. The van der Waals surface area contributed by atoms with Crippen LogP contribution in [0.4, 0.5) is 0 Å². The summed E-state index contributed by atoms with van der Waals surface area (Å²) in [5.74, 6) is 1.17. The summed E-state index contributed by atoms with van der Waals surface area (Å²) >= 11 is 0. The normalized spacial score (nSPS) is 28.2. The first kappa shape index (κ1) is 22.6. The zero-order valence-corrected chi connectivity index (χ0v) is 18.6. The lowest BCUT2D eigenvalue weighted by molar-refractivity contribution is -0.142. The van der Waals surface area contributed by atoms with Gasteiger partial charge in [0.2, 0.25) is 11.8 Å². The van der Waals surface area contributed by atoms with Crippen molar-refractivity contribution in [2.24, 2.45) is 22.7 Å². The Morgan fingerprint density at radius 2 is 2.03 bits per heavy atom. The first-order chi connectivity index (χ1) is 15.6. The van der Waals surface area contributed by atoms with Crippen LogP contribution in [-0.2, 0) is 16.0 Å².